The zero-order valence-corrected chi connectivity index (χ0v) is 12.9. The van der Waals surface area contributed by atoms with E-state index < -0.39 is 39.2 Å². The van der Waals surface area contributed by atoms with E-state index in [-0.39, 0.29) is 12.0 Å². The fraction of sp³-hybridized carbons (Fsp3) is 0.769. The maximum Gasteiger partial charge on any atom is 0.330 e. The molecule has 0 amide bonds. The molecule has 0 aromatic carbocycles. The van der Waals surface area contributed by atoms with Crippen molar-refractivity contribution in [3.63, 3.8) is 0 Å². The molecule has 0 heterocycles. The maximum absolute atomic E-state index is 11.0. The van der Waals surface area contributed by atoms with E-state index >= 15 is 0 Å². The Hall–Kier alpha value is -1.99. The van der Waals surface area contributed by atoms with Gasteiger partial charge in [0.15, 0.2) is 0 Å². The van der Waals surface area contributed by atoms with Crippen molar-refractivity contribution in [1.82, 2.24) is 0 Å². The van der Waals surface area contributed by atoms with Gasteiger partial charge < -0.3 is 5.11 Å². The molecule has 0 rings (SSSR count). The third-order valence-electron chi connectivity index (χ3n) is 4.06. The minimum absolute atomic E-state index is 0.000177. The lowest BCUT2D eigenvalue weighted by atomic mass is 9.80. The molecule has 21 heavy (non-hydrogen) atoms. The van der Waals surface area contributed by atoms with Crippen LogP contribution in [-0.2, 0) is 4.79 Å². The van der Waals surface area contributed by atoms with E-state index in [1.165, 1.54) is 33.8 Å². The second-order valence-corrected chi connectivity index (χ2v) is 5.89. The van der Waals surface area contributed by atoms with Gasteiger partial charge in [-0.15, -0.1) is 0 Å². The molecule has 8 nitrogen and oxygen atoms in total. The molecule has 1 N–H and O–H groups in total. The highest BCUT2D eigenvalue weighted by molar-refractivity contribution is 5.85. The highest BCUT2D eigenvalue weighted by Gasteiger charge is 2.40. The fourth-order valence-corrected chi connectivity index (χ4v) is 1.83. The van der Waals surface area contributed by atoms with E-state index in [4.69, 9.17) is 5.11 Å². The first kappa shape index (κ1) is 19.0. The van der Waals surface area contributed by atoms with Gasteiger partial charge in [0.25, 0.3) is 0 Å². The molecule has 120 valence electrons. The predicted octanol–water partition coefficient (Wildman–Crippen LogP) is 2.38. The van der Waals surface area contributed by atoms with Crippen LogP contribution in [0.4, 0.5) is 0 Å². The summed E-state index contributed by atoms with van der Waals surface area (Å²) in [5.74, 6) is -2.28. The van der Waals surface area contributed by atoms with Gasteiger partial charge in [-0.2, -0.15) is 0 Å². The van der Waals surface area contributed by atoms with Crippen LogP contribution < -0.4 is 0 Å². The summed E-state index contributed by atoms with van der Waals surface area (Å²) in [5.41, 5.74) is -1.24. The Morgan fingerprint density at radius 3 is 2.10 bits per heavy atom. The average molecular weight is 302 g/mol. The predicted molar refractivity (Wildman–Crippen MR) is 76.2 cm³/mol. The summed E-state index contributed by atoms with van der Waals surface area (Å²) < 4.78 is 0. The van der Waals surface area contributed by atoms with Gasteiger partial charge in [-0.25, -0.2) is 4.79 Å². The first-order chi connectivity index (χ1) is 9.41. The SMILES string of the molecule is CC(=CC(CC(C)C(C)(C)[N+](=O)[O-])C(C)[N+](=O)[O-])C(=O)O. The minimum Gasteiger partial charge on any atom is -0.478 e. The molecule has 0 spiro atoms. The standard InChI is InChI=1S/C13H22N2O6/c1-8(12(16)17)6-11(10(3)14(18)19)7-9(2)13(4,5)15(20)21/h6,9-11H,7H2,1-5H3,(H,16,17). The summed E-state index contributed by atoms with van der Waals surface area (Å²) in [6.07, 6.45) is 1.49. The number of hydrogen-bond acceptors (Lipinski definition) is 5. The van der Waals surface area contributed by atoms with Crippen molar-refractivity contribution < 1.29 is 19.7 Å². The van der Waals surface area contributed by atoms with Gasteiger partial charge >= 0.3 is 5.97 Å². The van der Waals surface area contributed by atoms with E-state index in [9.17, 15) is 25.0 Å². The summed E-state index contributed by atoms with van der Waals surface area (Å²) in [6.45, 7) is 7.29. The van der Waals surface area contributed by atoms with E-state index in [0.29, 0.717) is 0 Å². The van der Waals surface area contributed by atoms with Crippen molar-refractivity contribution in [2.45, 2.75) is 52.6 Å². The number of hydrogen-bond donors (Lipinski definition) is 1. The number of carbonyl (C=O) groups is 1. The lowest BCUT2D eigenvalue weighted by Gasteiger charge is -2.26. The van der Waals surface area contributed by atoms with E-state index in [1.807, 2.05) is 0 Å². The zero-order valence-electron chi connectivity index (χ0n) is 12.9. The Morgan fingerprint density at radius 1 is 1.29 bits per heavy atom. The van der Waals surface area contributed by atoms with Crippen molar-refractivity contribution in [2.75, 3.05) is 0 Å². The van der Waals surface area contributed by atoms with Crippen LogP contribution in [0.2, 0.25) is 0 Å². The van der Waals surface area contributed by atoms with Crippen LogP contribution in [0.3, 0.4) is 0 Å². The summed E-state index contributed by atoms with van der Waals surface area (Å²) in [5, 5.41) is 30.9. The van der Waals surface area contributed by atoms with Gasteiger partial charge in [0.05, 0.1) is 0 Å². The van der Waals surface area contributed by atoms with Gasteiger partial charge in [0.2, 0.25) is 11.6 Å². The number of carboxylic acids is 1. The quantitative estimate of drug-likeness (QED) is 0.417. The number of rotatable bonds is 8. The second kappa shape index (κ2) is 7.14. The largest absolute Gasteiger partial charge is 0.478 e. The molecule has 0 aromatic rings. The number of aliphatic carboxylic acids is 1. The summed E-state index contributed by atoms with van der Waals surface area (Å²) >= 11 is 0. The molecule has 0 aliphatic heterocycles. The Kier molecular flexibility index (Phi) is 6.47. The molecule has 3 atom stereocenters. The summed E-state index contributed by atoms with van der Waals surface area (Å²) in [4.78, 5) is 31.9. The molecule has 0 saturated carbocycles. The van der Waals surface area contributed by atoms with Gasteiger partial charge in [0.1, 0.15) is 0 Å². The smallest absolute Gasteiger partial charge is 0.330 e. The van der Waals surface area contributed by atoms with Gasteiger partial charge in [-0.05, 0) is 13.3 Å². The van der Waals surface area contributed by atoms with Gasteiger partial charge in [-0.3, -0.25) is 20.2 Å². The van der Waals surface area contributed by atoms with Crippen LogP contribution in [0.1, 0.15) is 41.0 Å². The highest BCUT2D eigenvalue weighted by atomic mass is 16.6. The van der Waals surface area contributed by atoms with Crippen molar-refractivity contribution in [1.29, 1.82) is 0 Å². The van der Waals surface area contributed by atoms with Gasteiger partial charge in [-0.1, -0.05) is 13.0 Å². The average Bonchev–Trinajstić information content (AvgIpc) is 2.35. The third-order valence-corrected chi connectivity index (χ3v) is 4.06. The summed E-state index contributed by atoms with van der Waals surface area (Å²) in [7, 11) is 0. The Bertz CT molecular complexity index is 458. The van der Waals surface area contributed by atoms with Gasteiger partial charge in [0, 0.05) is 48.0 Å². The number of nitro groups is 2. The normalized spacial score (nSPS) is 16.9. The number of carboxylic acid groups (broad SMARTS) is 1. The van der Waals surface area contributed by atoms with Crippen LogP contribution in [0.5, 0.6) is 0 Å². The first-order valence-electron chi connectivity index (χ1n) is 6.61. The third kappa shape index (κ3) is 5.13. The molecule has 0 bridgehead atoms. The molecule has 0 aliphatic carbocycles. The molecule has 0 aromatic heterocycles. The Morgan fingerprint density at radius 2 is 1.76 bits per heavy atom. The molecule has 0 aliphatic rings. The van der Waals surface area contributed by atoms with Crippen LogP contribution >= 0.6 is 0 Å². The summed E-state index contributed by atoms with van der Waals surface area (Å²) in [6, 6.07) is -1.01. The Labute approximate surface area is 123 Å². The monoisotopic (exact) mass is 302 g/mol. The number of nitrogens with zero attached hydrogens (tertiary/aromatic N) is 2. The molecular weight excluding hydrogens is 280 g/mol. The van der Waals surface area contributed by atoms with Crippen molar-refractivity contribution in [3.05, 3.63) is 31.9 Å². The van der Waals surface area contributed by atoms with E-state index in [2.05, 4.69) is 0 Å². The lowest BCUT2D eigenvalue weighted by molar-refractivity contribution is -0.572. The van der Waals surface area contributed by atoms with Crippen LogP contribution in [0, 0.1) is 32.1 Å². The lowest BCUT2D eigenvalue weighted by Crippen LogP contribution is -2.40. The van der Waals surface area contributed by atoms with E-state index in [1.54, 1.807) is 6.92 Å². The van der Waals surface area contributed by atoms with Crippen LogP contribution in [0.25, 0.3) is 0 Å². The fourth-order valence-electron chi connectivity index (χ4n) is 1.83. The molecule has 0 saturated heterocycles. The van der Waals surface area contributed by atoms with E-state index in [0.717, 1.165) is 0 Å². The maximum atomic E-state index is 11.0. The molecule has 3 unspecified atom stereocenters. The van der Waals surface area contributed by atoms with Crippen LogP contribution in [0.15, 0.2) is 11.6 Å². The molecule has 8 heteroatoms. The molecular formula is C13H22N2O6. The topological polar surface area (TPSA) is 124 Å². The second-order valence-electron chi connectivity index (χ2n) is 5.89. The highest BCUT2D eigenvalue weighted by Crippen LogP contribution is 2.29. The zero-order chi connectivity index (χ0) is 17.0. The molecule has 0 radical (unpaired) electrons. The van der Waals surface area contributed by atoms with Crippen molar-refractivity contribution in [3.8, 4) is 0 Å². The first-order valence-corrected chi connectivity index (χ1v) is 6.61. The minimum atomic E-state index is -1.24. The van der Waals surface area contributed by atoms with Crippen molar-refractivity contribution in [2.24, 2.45) is 11.8 Å². The van der Waals surface area contributed by atoms with Crippen molar-refractivity contribution >= 4 is 5.97 Å². The molecule has 0 fully saturated rings. The Balaban J connectivity index is 5.35. The van der Waals surface area contributed by atoms with Crippen LogP contribution in [-0.4, -0.2) is 32.5 Å².